The Morgan fingerprint density at radius 3 is 2.35 bits per heavy atom. The van der Waals surface area contributed by atoms with E-state index in [4.69, 9.17) is 0 Å². The quantitative estimate of drug-likeness (QED) is 0.527. The van der Waals surface area contributed by atoms with Crippen molar-refractivity contribution in [2.75, 3.05) is 45.5 Å². The Kier molecular flexibility index (Phi) is 7.61. The van der Waals surface area contributed by atoms with Crippen LogP contribution in [-0.4, -0.2) is 113 Å². The van der Waals surface area contributed by atoms with Crippen LogP contribution < -0.4 is 5.32 Å². The summed E-state index contributed by atoms with van der Waals surface area (Å²) in [4.78, 5) is 17.9. The molecule has 4 atom stereocenters. The Balaban J connectivity index is 1.15. The van der Waals surface area contributed by atoms with Crippen LogP contribution in [0.15, 0.2) is 24.3 Å². The third-order valence-corrected chi connectivity index (χ3v) is 9.53. The van der Waals surface area contributed by atoms with E-state index >= 15 is 0 Å². The minimum absolute atomic E-state index is 0.102. The lowest BCUT2D eigenvalue weighted by molar-refractivity contribution is 0.0276. The average molecular weight is 533 g/mol. The van der Waals surface area contributed by atoms with Crippen molar-refractivity contribution in [3.05, 3.63) is 30.0 Å². The van der Waals surface area contributed by atoms with Crippen molar-refractivity contribution in [3.8, 4) is 0 Å². The van der Waals surface area contributed by atoms with Gasteiger partial charge in [0, 0.05) is 68.8 Å². The number of aromatic nitrogens is 2. The van der Waals surface area contributed by atoms with Crippen LogP contribution in [0.3, 0.4) is 0 Å². The van der Waals surface area contributed by atoms with Crippen molar-refractivity contribution in [2.45, 2.75) is 69.8 Å². The molecule has 2 bridgehead atoms. The van der Waals surface area contributed by atoms with Crippen molar-refractivity contribution in [3.63, 3.8) is 0 Å². The maximum absolute atomic E-state index is 13.3. The Bertz CT molecular complexity index is 1210. The highest BCUT2D eigenvalue weighted by Gasteiger charge is 2.42. The highest BCUT2D eigenvalue weighted by molar-refractivity contribution is 7.88. The fourth-order valence-electron chi connectivity index (χ4n) is 6.44. The summed E-state index contributed by atoms with van der Waals surface area (Å²) in [5.41, 5.74) is 1.47. The van der Waals surface area contributed by atoms with E-state index < -0.39 is 16.1 Å². The summed E-state index contributed by atoms with van der Waals surface area (Å²) in [6, 6.07) is 8.87. The van der Waals surface area contributed by atoms with Crippen molar-refractivity contribution in [2.24, 2.45) is 0 Å². The fourth-order valence-corrected chi connectivity index (χ4v) is 7.26. The van der Waals surface area contributed by atoms with Crippen LogP contribution >= 0.6 is 0 Å². The standard InChI is InChI=1S/C26H40N6O4S/c1-18(2)32-24-7-5-4-6-23(24)25(28-32)26(34)27-19-14-20-8-9-21(15-19)31(20)17-22(33)16-29-10-12-30(13-11-29)37(3,35)36/h4-7,18-22,33H,8-17H2,1-3H3,(H,27,34)/t19?,20-,21+,22-/m1/s1. The minimum atomic E-state index is -3.15. The zero-order chi connectivity index (χ0) is 26.3. The molecule has 37 heavy (non-hydrogen) atoms. The number of hydrogen-bond donors (Lipinski definition) is 2. The number of aliphatic hydroxyl groups excluding tert-OH is 1. The monoisotopic (exact) mass is 532 g/mol. The minimum Gasteiger partial charge on any atom is -0.390 e. The number of para-hydroxylation sites is 1. The number of sulfonamides is 1. The van der Waals surface area contributed by atoms with Crippen LogP contribution in [0.1, 0.15) is 56.1 Å². The molecule has 1 aromatic heterocycles. The van der Waals surface area contributed by atoms with Gasteiger partial charge in [0.15, 0.2) is 5.69 Å². The van der Waals surface area contributed by atoms with Gasteiger partial charge in [-0.05, 0) is 45.6 Å². The molecule has 0 radical (unpaired) electrons. The Labute approximate surface area is 219 Å². The maximum atomic E-state index is 13.3. The first-order chi connectivity index (χ1) is 17.6. The first kappa shape index (κ1) is 26.6. The van der Waals surface area contributed by atoms with Crippen molar-refractivity contribution < 1.29 is 18.3 Å². The summed E-state index contributed by atoms with van der Waals surface area (Å²) in [5, 5.41) is 19.7. The number of rotatable bonds is 8. The Hall–Kier alpha value is -2.05. The van der Waals surface area contributed by atoms with Gasteiger partial charge in [-0.2, -0.15) is 9.40 Å². The van der Waals surface area contributed by atoms with Crippen LogP contribution in [0, 0.1) is 0 Å². The van der Waals surface area contributed by atoms with E-state index in [1.165, 1.54) is 10.6 Å². The molecule has 5 rings (SSSR count). The third-order valence-electron chi connectivity index (χ3n) is 8.23. The topological polar surface area (TPSA) is 111 Å². The van der Waals surface area contributed by atoms with Gasteiger partial charge in [0.25, 0.3) is 5.91 Å². The van der Waals surface area contributed by atoms with E-state index in [1.807, 2.05) is 28.9 Å². The van der Waals surface area contributed by atoms with Gasteiger partial charge in [0.2, 0.25) is 10.0 Å². The van der Waals surface area contributed by atoms with Gasteiger partial charge in [-0.25, -0.2) is 8.42 Å². The summed E-state index contributed by atoms with van der Waals surface area (Å²) in [6.45, 7) is 7.56. The first-order valence-electron chi connectivity index (χ1n) is 13.5. The molecule has 0 aliphatic carbocycles. The number of hydrogen-bond acceptors (Lipinski definition) is 7. The number of piperazine rings is 1. The normalized spacial score (nSPS) is 26.7. The van der Waals surface area contributed by atoms with Crippen molar-refractivity contribution in [1.29, 1.82) is 0 Å². The number of carbonyl (C=O) groups is 1. The van der Waals surface area contributed by atoms with E-state index in [-0.39, 0.29) is 18.0 Å². The lowest BCUT2D eigenvalue weighted by atomic mass is 9.96. The summed E-state index contributed by atoms with van der Waals surface area (Å²) in [7, 11) is -3.15. The van der Waals surface area contributed by atoms with Crippen LogP contribution in [0.5, 0.6) is 0 Å². The van der Waals surface area contributed by atoms with Crippen LogP contribution in [0.25, 0.3) is 10.9 Å². The highest BCUT2D eigenvalue weighted by Crippen LogP contribution is 2.36. The van der Waals surface area contributed by atoms with Crippen LogP contribution in [-0.2, 0) is 10.0 Å². The van der Waals surface area contributed by atoms with Gasteiger partial charge in [-0.15, -0.1) is 0 Å². The number of nitrogens with one attached hydrogen (secondary N) is 1. The number of carbonyl (C=O) groups excluding carboxylic acids is 1. The van der Waals surface area contributed by atoms with Crippen molar-refractivity contribution >= 4 is 26.8 Å². The molecular weight excluding hydrogens is 492 g/mol. The molecule has 11 heteroatoms. The molecule has 0 saturated carbocycles. The molecule has 0 spiro atoms. The highest BCUT2D eigenvalue weighted by atomic mass is 32.2. The van der Waals surface area contributed by atoms with E-state index in [2.05, 4.69) is 34.1 Å². The Morgan fingerprint density at radius 1 is 1.08 bits per heavy atom. The summed E-state index contributed by atoms with van der Waals surface area (Å²) < 4.78 is 26.9. The van der Waals surface area contributed by atoms with Gasteiger partial charge in [-0.1, -0.05) is 18.2 Å². The Morgan fingerprint density at radius 2 is 1.73 bits per heavy atom. The summed E-state index contributed by atoms with van der Waals surface area (Å²) >= 11 is 0. The lowest BCUT2D eigenvalue weighted by Gasteiger charge is -2.41. The molecule has 1 amide bonds. The van der Waals surface area contributed by atoms with E-state index in [0.717, 1.165) is 36.6 Å². The second kappa shape index (κ2) is 10.6. The maximum Gasteiger partial charge on any atom is 0.272 e. The molecule has 3 saturated heterocycles. The molecule has 3 fully saturated rings. The van der Waals surface area contributed by atoms with Gasteiger partial charge in [0.1, 0.15) is 0 Å². The summed E-state index contributed by atoms with van der Waals surface area (Å²) in [5.74, 6) is -0.110. The zero-order valence-corrected chi connectivity index (χ0v) is 22.9. The van der Waals surface area contributed by atoms with Crippen LogP contribution in [0.2, 0.25) is 0 Å². The van der Waals surface area contributed by atoms with Gasteiger partial charge < -0.3 is 10.4 Å². The molecule has 204 valence electrons. The number of nitrogens with zero attached hydrogens (tertiary/aromatic N) is 5. The van der Waals surface area contributed by atoms with Gasteiger partial charge >= 0.3 is 0 Å². The third kappa shape index (κ3) is 5.70. The van der Waals surface area contributed by atoms with Crippen molar-refractivity contribution in [1.82, 2.24) is 29.2 Å². The number of β-amino-alcohol motifs (C(OH)–C–C–N with tert-alkyl or cyclic N) is 1. The molecule has 4 heterocycles. The fraction of sp³-hybridized carbons (Fsp3) is 0.692. The predicted octanol–water partition coefficient (Wildman–Crippen LogP) is 1.28. The number of piperidine rings is 1. The molecule has 3 aliphatic rings. The number of fused-ring (bicyclic) bond motifs is 3. The number of aliphatic hydroxyl groups is 1. The number of benzene rings is 1. The largest absolute Gasteiger partial charge is 0.390 e. The van der Waals surface area contributed by atoms with E-state index in [9.17, 15) is 18.3 Å². The number of amides is 1. The second-order valence-electron chi connectivity index (χ2n) is 11.2. The lowest BCUT2D eigenvalue weighted by Crippen LogP contribution is -2.54. The van der Waals surface area contributed by atoms with Gasteiger partial charge in [-0.3, -0.25) is 19.3 Å². The first-order valence-corrected chi connectivity index (χ1v) is 15.3. The molecule has 2 N–H and O–H groups in total. The molecule has 3 aliphatic heterocycles. The summed E-state index contributed by atoms with van der Waals surface area (Å²) in [6.07, 6.45) is 4.70. The zero-order valence-electron chi connectivity index (χ0n) is 22.1. The molecule has 1 unspecified atom stereocenters. The molecule has 2 aromatic rings. The van der Waals surface area contributed by atoms with Crippen LogP contribution in [0.4, 0.5) is 0 Å². The smallest absolute Gasteiger partial charge is 0.272 e. The van der Waals surface area contributed by atoms with E-state index in [1.54, 1.807) is 0 Å². The predicted molar refractivity (Wildman–Crippen MR) is 143 cm³/mol. The van der Waals surface area contributed by atoms with Gasteiger partial charge in [0.05, 0.1) is 17.9 Å². The molecular formula is C26H40N6O4S. The van der Waals surface area contributed by atoms with E-state index in [0.29, 0.717) is 57.0 Å². The SMILES string of the molecule is CC(C)n1nc(C(=O)NC2C[C@H]3CC[C@@H](C2)N3C[C@H](O)CN2CCN(S(C)(=O)=O)CC2)c2ccccc21. The average Bonchev–Trinajstić information content (AvgIpc) is 3.33. The second-order valence-corrected chi connectivity index (χ2v) is 13.2. The molecule has 10 nitrogen and oxygen atoms in total. The molecule has 1 aromatic carbocycles.